The van der Waals surface area contributed by atoms with Gasteiger partial charge in [0.1, 0.15) is 19.8 Å². The number of quaternary nitrogens is 1. The zero-order chi connectivity index (χ0) is 55.6. The van der Waals surface area contributed by atoms with E-state index < -0.39 is 32.5 Å². The lowest BCUT2D eigenvalue weighted by molar-refractivity contribution is -0.870. The highest BCUT2D eigenvalue weighted by atomic mass is 31.2. The highest BCUT2D eigenvalue weighted by Crippen LogP contribution is 2.38. The zero-order valence-corrected chi connectivity index (χ0v) is 49.5. The molecule has 0 aromatic carbocycles. The molecule has 0 radical (unpaired) electrons. The van der Waals surface area contributed by atoms with Gasteiger partial charge in [-0.1, -0.05) is 237 Å². The minimum absolute atomic E-state index is 0.0478. The molecule has 0 aliphatic carbocycles. The summed E-state index contributed by atoms with van der Waals surface area (Å²) < 4.78 is 34.0. The van der Waals surface area contributed by atoms with Crippen LogP contribution in [0.4, 0.5) is 0 Å². The molecule has 2 atom stereocenters. The summed E-state index contributed by atoms with van der Waals surface area (Å²) in [7, 11) is 1.11. The van der Waals surface area contributed by atoms with Crippen molar-refractivity contribution >= 4 is 19.8 Å². The molecular formula is C66H108NO8P. The average Bonchev–Trinajstić information content (AvgIpc) is 3.38. The molecule has 0 N–H and O–H groups in total. The van der Waals surface area contributed by atoms with Crippen LogP contribution in [0.5, 0.6) is 0 Å². The Hall–Kier alpha value is -4.11. The van der Waals surface area contributed by atoms with Gasteiger partial charge in [0.15, 0.2) is 6.10 Å². The van der Waals surface area contributed by atoms with E-state index in [2.05, 4.69) is 148 Å². The van der Waals surface area contributed by atoms with Crippen molar-refractivity contribution in [3.8, 4) is 0 Å². The molecular weight excluding hydrogens is 966 g/mol. The van der Waals surface area contributed by atoms with Gasteiger partial charge in [-0.25, -0.2) is 0 Å². The number of rotatable bonds is 52. The van der Waals surface area contributed by atoms with Gasteiger partial charge in [0.25, 0.3) is 7.82 Å². The highest BCUT2D eigenvalue weighted by molar-refractivity contribution is 7.45. The second-order valence-corrected chi connectivity index (χ2v) is 21.7. The average molecular weight is 1070 g/mol. The molecule has 0 aromatic heterocycles. The summed E-state index contributed by atoms with van der Waals surface area (Å²) in [5.74, 6) is -0.938. The number of unbranched alkanes of at least 4 members (excludes halogenated alkanes) is 14. The molecule has 0 bridgehead atoms. The number of phosphoric ester groups is 1. The summed E-state index contributed by atoms with van der Waals surface area (Å²) in [4.78, 5) is 37.7. The monoisotopic (exact) mass is 1070 g/mol. The van der Waals surface area contributed by atoms with Gasteiger partial charge in [-0.3, -0.25) is 14.2 Å². The first kappa shape index (κ1) is 71.9. The molecule has 0 saturated heterocycles. The number of hydrogen-bond acceptors (Lipinski definition) is 8. The normalized spacial score (nSPS) is 14.3. The molecule has 0 aliphatic rings. The van der Waals surface area contributed by atoms with Crippen molar-refractivity contribution in [1.82, 2.24) is 0 Å². The van der Waals surface area contributed by atoms with Crippen molar-refractivity contribution in [3.05, 3.63) is 146 Å². The lowest BCUT2D eigenvalue weighted by atomic mass is 10.0. The van der Waals surface area contributed by atoms with Gasteiger partial charge in [0.2, 0.25) is 0 Å². The summed E-state index contributed by atoms with van der Waals surface area (Å²) in [6, 6.07) is 0. The minimum Gasteiger partial charge on any atom is -0.756 e. The van der Waals surface area contributed by atoms with Crippen LogP contribution in [0.3, 0.4) is 0 Å². The fourth-order valence-corrected chi connectivity index (χ4v) is 8.12. The maximum absolute atomic E-state index is 12.8. The van der Waals surface area contributed by atoms with Crippen molar-refractivity contribution < 1.29 is 42.1 Å². The standard InChI is InChI=1S/C66H108NO8P/c1-6-8-10-12-14-16-18-20-21-22-23-24-25-26-27-28-29-30-31-32-33-34-35-36-37-38-39-40-41-42-43-44-45-47-49-51-53-55-57-59-66(69)75-64(63-74-76(70,71)73-61-60-67(3,4)5)62-72-65(68)58-56-54-52-50-48-46-19-17-15-13-11-9-7-2/h8-11,14-17,20-21,23-24,26-27,29-30,32-33,35-36,46,48,52,54,64H,6-7,12-13,18-19,22,25,28,31,34,37-45,47,49-51,53,55-63H2,1-5H3/b10-8-,11-9-,16-14-,17-15-,21-20-,24-23-,27-26-,30-29-,33-32-,36-35-,48-46-,54-52-. The summed E-state index contributed by atoms with van der Waals surface area (Å²) >= 11 is 0. The topological polar surface area (TPSA) is 111 Å². The van der Waals surface area contributed by atoms with Gasteiger partial charge >= 0.3 is 11.9 Å². The Morgan fingerprint density at radius 1 is 0.408 bits per heavy atom. The number of phosphoric acid groups is 1. The number of hydrogen-bond donors (Lipinski definition) is 0. The lowest BCUT2D eigenvalue weighted by Crippen LogP contribution is -2.37. The third kappa shape index (κ3) is 59.1. The Bertz CT molecular complexity index is 1790. The predicted molar refractivity (Wildman–Crippen MR) is 323 cm³/mol. The number of likely N-dealkylation sites (N-methyl/N-ethyl adjacent to an activating group) is 1. The van der Waals surface area contributed by atoms with Crippen LogP contribution in [0.1, 0.15) is 206 Å². The first-order valence-electron chi connectivity index (χ1n) is 29.5. The van der Waals surface area contributed by atoms with E-state index in [1.165, 1.54) is 70.6 Å². The van der Waals surface area contributed by atoms with Crippen molar-refractivity contribution in [2.45, 2.75) is 213 Å². The van der Waals surface area contributed by atoms with Crippen molar-refractivity contribution in [2.75, 3.05) is 47.5 Å². The molecule has 2 unspecified atom stereocenters. The van der Waals surface area contributed by atoms with Crippen LogP contribution >= 0.6 is 7.82 Å². The molecule has 10 heteroatoms. The maximum Gasteiger partial charge on any atom is 0.306 e. The first-order valence-corrected chi connectivity index (χ1v) is 31.0. The molecule has 0 rings (SSSR count). The van der Waals surface area contributed by atoms with Crippen molar-refractivity contribution in [2.24, 2.45) is 0 Å². The van der Waals surface area contributed by atoms with Gasteiger partial charge in [0.05, 0.1) is 27.7 Å². The van der Waals surface area contributed by atoms with E-state index in [1.807, 2.05) is 33.3 Å². The van der Waals surface area contributed by atoms with Crippen LogP contribution in [0.25, 0.3) is 0 Å². The number of esters is 2. The highest BCUT2D eigenvalue weighted by Gasteiger charge is 2.21. The first-order chi connectivity index (χ1) is 37.0. The number of ether oxygens (including phenoxy) is 2. The molecule has 0 heterocycles. The second-order valence-electron chi connectivity index (χ2n) is 20.2. The van der Waals surface area contributed by atoms with Gasteiger partial charge in [-0.2, -0.15) is 0 Å². The van der Waals surface area contributed by atoms with Crippen LogP contribution in [-0.2, 0) is 32.7 Å². The lowest BCUT2D eigenvalue weighted by Gasteiger charge is -2.28. The van der Waals surface area contributed by atoms with Crippen LogP contribution in [0, 0.1) is 0 Å². The van der Waals surface area contributed by atoms with Gasteiger partial charge in [-0.05, 0) is 103 Å². The van der Waals surface area contributed by atoms with Crippen molar-refractivity contribution in [1.29, 1.82) is 0 Å². The molecule has 0 saturated carbocycles. The van der Waals surface area contributed by atoms with E-state index in [-0.39, 0.29) is 26.1 Å². The van der Waals surface area contributed by atoms with Crippen LogP contribution in [0.15, 0.2) is 146 Å². The fourth-order valence-electron chi connectivity index (χ4n) is 7.39. The predicted octanol–water partition coefficient (Wildman–Crippen LogP) is 18.1. The Kier molecular flexibility index (Phi) is 52.6. The SMILES string of the molecule is CC/C=C\C/C=C\C/C=C\C/C=C\C/C=C\C/C=C\C/C=C\C/C=C\CCCCCCCCCCCCCCCCC(=O)OC(COC(=O)CC/C=C\C/C=C\C/C=C\C/C=C\CC)COP(=O)([O-])OCC[N+](C)(C)C. The molecule has 0 aliphatic heterocycles. The Labute approximate surface area is 465 Å². The second kappa shape index (κ2) is 55.6. The molecule has 76 heavy (non-hydrogen) atoms. The number of carbonyl (C=O) groups is 2. The van der Waals surface area contributed by atoms with E-state index in [1.54, 1.807) is 0 Å². The number of carbonyl (C=O) groups excluding carboxylic acids is 2. The Balaban J connectivity index is 4.07. The van der Waals surface area contributed by atoms with E-state index in [0.717, 1.165) is 96.3 Å². The van der Waals surface area contributed by atoms with Gasteiger partial charge < -0.3 is 27.9 Å². The number of allylic oxidation sites excluding steroid dienone is 24. The van der Waals surface area contributed by atoms with Gasteiger partial charge in [-0.15, -0.1) is 0 Å². The number of nitrogens with zero attached hydrogens (tertiary/aromatic N) is 1. The smallest absolute Gasteiger partial charge is 0.306 e. The quantitative estimate of drug-likeness (QED) is 0.0195. The van der Waals surface area contributed by atoms with E-state index in [0.29, 0.717) is 23.9 Å². The van der Waals surface area contributed by atoms with Crippen LogP contribution in [0.2, 0.25) is 0 Å². The molecule has 0 spiro atoms. The molecule has 0 amide bonds. The third-order valence-corrected chi connectivity index (χ3v) is 12.8. The van der Waals surface area contributed by atoms with Crippen molar-refractivity contribution in [3.63, 3.8) is 0 Å². The summed E-state index contributed by atoms with van der Waals surface area (Å²) in [5.41, 5.74) is 0. The van der Waals surface area contributed by atoms with E-state index in [4.69, 9.17) is 18.5 Å². The van der Waals surface area contributed by atoms with E-state index >= 15 is 0 Å². The Morgan fingerprint density at radius 3 is 1.11 bits per heavy atom. The zero-order valence-electron chi connectivity index (χ0n) is 48.6. The summed E-state index contributed by atoms with van der Waals surface area (Å²) in [6.45, 7) is 3.90. The van der Waals surface area contributed by atoms with E-state index in [9.17, 15) is 19.0 Å². The Morgan fingerprint density at radius 2 is 0.737 bits per heavy atom. The fraction of sp³-hybridized carbons (Fsp3) is 0.606. The van der Waals surface area contributed by atoms with Gasteiger partial charge in [0, 0.05) is 12.8 Å². The summed E-state index contributed by atoms with van der Waals surface area (Å²) in [5, 5.41) is 0. The summed E-state index contributed by atoms with van der Waals surface area (Å²) in [6.07, 6.45) is 82.2. The third-order valence-electron chi connectivity index (χ3n) is 11.9. The minimum atomic E-state index is -4.66. The molecule has 430 valence electrons. The van der Waals surface area contributed by atoms with Crippen LogP contribution < -0.4 is 4.89 Å². The molecule has 9 nitrogen and oxygen atoms in total. The van der Waals surface area contributed by atoms with Crippen LogP contribution in [-0.4, -0.2) is 70.0 Å². The maximum atomic E-state index is 12.8. The molecule has 0 fully saturated rings. The largest absolute Gasteiger partial charge is 0.756 e. The molecule has 0 aromatic rings.